The van der Waals surface area contributed by atoms with Crippen molar-refractivity contribution in [1.82, 2.24) is 0 Å². The molecule has 1 atom stereocenters. The molecule has 0 amide bonds. The summed E-state index contributed by atoms with van der Waals surface area (Å²) in [7, 11) is -1.08. The summed E-state index contributed by atoms with van der Waals surface area (Å²) in [6.07, 6.45) is 0.277. The van der Waals surface area contributed by atoms with Crippen LogP contribution in [0.4, 0.5) is 0 Å². The first-order valence-electron chi connectivity index (χ1n) is 3.92. The Morgan fingerprint density at radius 3 is 2.00 bits per heavy atom. The zero-order valence-corrected chi connectivity index (χ0v) is 10.1. The number of hydrogen-bond acceptors (Lipinski definition) is 2. The lowest BCUT2D eigenvalue weighted by molar-refractivity contribution is 0.144. The topological polar surface area (TPSA) is 18.5 Å². The molecule has 0 heterocycles. The van der Waals surface area contributed by atoms with Crippen LogP contribution >= 0.6 is 0 Å². The summed E-state index contributed by atoms with van der Waals surface area (Å²) in [6.45, 7) is 11.4. The quantitative estimate of drug-likeness (QED) is 0.617. The Kier molecular flexibility index (Phi) is 6.13. The van der Waals surface area contributed by atoms with E-state index in [0.717, 1.165) is 6.61 Å². The van der Waals surface area contributed by atoms with E-state index < -0.39 is 18.1 Å². The monoisotopic (exact) mass is 190 g/mol. The van der Waals surface area contributed by atoms with Crippen molar-refractivity contribution in [3.63, 3.8) is 0 Å². The highest BCUT2D eigenvalue weighted by molar-refractivity contribution is 6.48. The predicted molar refractivity (Wildman–Crippen MR) is 51.5 cm³/mol. The third-order valence-corrected chi connectivity index (χ3v) is 2.66. The Labute approximate surface area is 73.4 Å². The van der Waals surface area contributed by atoms with Crippen LogP contribution in [0.2, 0.25) is 26.2 Å². The third kappa shape index (κ3) is 8.26. The minimum Gasteiger partial charge on any atom is -0.415 e. The Morgan fingerprint density at radius 1 is 1.09 bits per heavy atom. The first-order valence-corrected chi connectivity index (χ1v) is 8.73. The van der Waals surface area contributed by atoms with Crippen LogP contribution in [0, 0.1) is 0 Å². The minimum absolute atomic E-state index is 0.277. The molecule has 0 saturated heterocycles. The molecule has 66 valence electrons. The highest BCUT2D eigenvalue weighted by Gasteiger charge is 2.07. The second kappa shape index (κ2) is 5.94. The SMILES string of the molecule is CC(CO[Si](C)C)O[Si](C)C. The molecule has 0 aromatic carbocycles. The van der Waals surface area contributed by atoms with E-state index in [1.54, 1.807) is 0 Å². The van der Waals surface area contributed by atoms with Gasteiger partial charge in [-0.1, -0.05) is 0 Å². The van der Waals surface area contributed by atoms with Crippen LogP contribution in [0.5, 0.6) is 0 Å². The standard InChI is InChI=1S/C7H18O2Si2/c1-7(9-11(4)5)6-8-10(2)3/h7H,6H2,1-5H3. The van der Waals surface area contributed by atoms with Crippen LogP contribution in [-0.4, -0.2) is 30.8 Å². The maximum atomic E-state index is 5.59. The number of hydrogen-bond donors (Lipinski definition) is 0. The lowest BCUT2D eigenvalue weighted by atomic mass is 10.5. The van der Waals surface area contributed by atoms with Gasteiger partial charge in [0.15, 0.2) is 0 Å². The van der Waals surface area contributed by atoms with Crippen molar-refractivity contribution in [2.24, 2.45) is 0 Å². The molecule has 0 aliphatic rings. The summed E-state index contributed by atoms with van der Waals surface area (Å²) >= 11 is 0. The Bertz CT molecular complexity index is 96.4. The van der Waals surface area contributed by atoms with Crippen LogP contribution in [0.1, 0.15) is 6.92 Å². The third-order valence-electron chi connectivity index (χ3n) is 1.04. The highest BCUT2D eigenvalue weighted by Crippen LogP contribution is 1.96. The summed E-state index contributed by atoms with van der Waals surface area (Å²) in [6, 6.07) is 0. The zero-order chi connectivity index (χ0) is 8.85. The maximum absolute atomic E-state index is 5.59. The number of rotatable bonds is 5. The summed E-state index contributed by atoms with van der Waals surface area (Å²) in [5, 5.41) is 0. The second-order valence-corrected chi connectivity index (χ2v) is 7.21. The molecule has 0 saturated carbocycles. The molecular weight excluding hydrogens is 172 g/mol. The average molecular weight is 190 g/mol. The van der Waals surface area contributed by atoms with Gasteiger partial charge in [0, 0.05) is 0 Å². The molecule has 0 bridgehead atoms. The Balaban J connectivity index is 3.29. The largest absolute Gasteiger partial charge is 0.415 e. The minimum atomic E-state index is -0.550. The molecule has 1 unspecified atom stereocenters. The second-order valence-electron chi connectivity index (χ2n) is 3.06. The smallest absolute Gasteiger partial charge is 0.205 e. The highest BCUT2D eigenvalue weighted by atomic mass is 28.3. The van der Waals surface area contributed by atoms with Gasteiger partial charge in [0.05, 0.1) is 12.7 Å². The molecule has 0 aromatic rings. The Hall–Kier alpha value is 0.354. The van der Waals surface area contributed by atoms with Crippen LogP contribution in [0.25, 0.3) is 0 Å². The normalized spacial score (nSPS) is 14.5. The van der Waals surface area contributed by atoms with Crippen molar-refractivity contribution < 1.29 is 8.85 Å². The molecule has 0 spiro atoms. The lowest BCUT2D eigenvalue weighted by Crippen LogP contribution is -2.25. The van der Waals surface area contributed by atoms with Gasteiger partial charge in [0.25, 0.3) is 0 Å². The van der Waals surface area contributed by atoms with E-state index in [-0.39, 0.29) is 6.10 Å². The van der Waals surface area contributed by atoms with Crippen molar-refractivity contribution in [2.45, 2.75) is 39.2 Å². The molecule has 0 aliphatic heterocycles. The van der Waals surface area contributed by atoms with Crippen molar-refractivity contribution >= 4 is 18.1 Å². The lowest BCUT2D eigenvalue weighted by Gasteiger charge is -2.16. The van der Waals surface area contributed by atoms with E-state index in [2.05, 4.69) is 33.1 Å². The van der Waals surface area contributed by atoms with Gasteiger partial charge in [-0.3, -0.25) is 0 Å². The summed E-state index contributed by atoms with van der Waals surface area (Å²) in [4.78, 5) is 0. The van der Waals surface area contributed by atoms with Crippen molar-refractivity contribution in [2.75, 3.05) is 6.61 Å². The van der Waals surface area contributed by atoms with Gasteiger partial charge < -0.3 is 8.85 Å². The summed E-state index contributed by atoms with van der Waals surface area (Å²) in [5.41, 5.74) is 0. The zero-order valence-electron chi connectivity index (χ0n) is 8.10. The van der Waals surface area contributed by atoms with Crippen LogP contribution in [0.15, 0.2) is 0 Å². The molecule has 0 aliphatic carbocycles. The van der Waals surface area contributed by atoms with Crippen LogP contribution in [0.3, 0.4) is 0 Å². The fourth-order valence-electron chi connectivity index (χ4n) is 0.720. The van der Waals surface area contributed by atoms with Gasteiger partial charge >= 0.3 is 0 Å². The summed E-state index contributed by atoms with van der Waals surface area (Å²) in [5.74, 6) is 0. The average Bonchev–Trinajstić information content (AvgIpc) is 1.82. The van der Waals surface area contributed by atoms with Gasteiger partial charge in [-0.2, -0.15) is 0 Å². The van der Waals surface area contributed by atoms with E-state index in [1.807, 2.05) is 0 Å². The fraction of sp³-hybridized carbons (Fsp3) is 1.00. The van der Waals surface area contributed by atoms with Crippen molar-refractivity contribution in [3.8, 4) is 0 Å². The van der Waals surface area contributed by atoms with Gasteiger partial charge in [0.2, 0.25) is 18.1 Å². The van der Waals surface area contributed by atoms with Gasteiger partial charge in [-0.05, 0) is 33.1 Å². The van der Waals surface area contributed by atoms with Crippen LogP contribution in [-0.2, 0) is 8.85 Å². The predicted octanol–water partition coefficient (Wildman–Crippen LogP) is 1.91. The maximum Gasteiger partial charge on any atom is 0.205 e. The van der Waals surface area contributed by atoms with E-state index >= 15 is 0 Å². The molecule has 0 rings (SSSR count). The molecule has 0 N–H and O–H groups in total. The Morgan fingerprint density at radius 2 is 1.64 bits per heavy atom. The van der Waals surface area contributed by atoms with Crippen molar-refractivity contribution in [1.29, 1.82) is 0 Å². The molecular formula is C7H18O2Si2. The summed E-state index contributed by atoms with van der Waals surface area (Å²) < 4.78 is 11.1. The molecule has 11 heavy (non-hydrogen) atoms. The molecule has 0 aromatic heterocycles. The first kappa shape index (κ1) is 11.4. The first-order chi connectivity index (χ1) is 5.02. The van der Waals surface area contributed by atoms with Crippen molar-refractivity contribution in [3.05, 3.63) is 0 Å². The molecule has 2 radical (unpaired) electrons. The van der Waals surface area contributed by atoms with Gasteiger partial charge in [-0.25, -0.2) is 0 Å². The molecule has 2 nitrogen and oxygen atoms in total. The fourth-order valence-corrected chi connectivity index (χ4v) is 2.16. The van der Waals surface area contributed by atoms with E-state index in [9.17, 15) is 0 Å². The van der Waals surface area contributed by atoms with Gasteiger partial charge in [0.1, 0.15) is 0 Å². The molecule has 0 fully saturated rings. The van der Waals surface area contributed by atoms with Crippen LogP contribution < -0.4 is 0 Å². The van der Waals surface area contributed by atoms with E-state index in [1.165, 1.54) is 0 Å². The van der Waals surface area contributed by atoms with Gasteiger partial charge in [-0.15, -0.1) is 0 Å². The van der Waals surface area contributed by atoms with E-state index in [4.69, 9.17) is 8.85 Å². The molecule has 4 heteroatoms. The van der Waals surface area contributed by atoms with E-state index in [0.29, 0.717) is 0 Å².